The minimum atomic E-state index is 0.737. The normalized spacial score (nSPS) is 10.2. The number of aromatic nitrogens is 3. The molecule has 0 saturated carbocycles. The van der Waals surface area contributed by atoms with Crippen LogP contribution < -0.4 is 5.73 Å². The molecule has 0 radical (unpaired) electrons. The molecule has 0 amide bonds. The summed E-state index contributed by atoms with van der Waals surface area (Å²) in [5, 5.41) is 4.06. The lowest BCUT2D eigenvalue weighted by Gasteiger charge is -2.03. The number of aryl methyl sites for hydroxylation is 1. The highest BCUT2D eigenvalue weighted by atomic mass is 15.3. The molecule has 4 nitrogen and oxygen atoms in total. The second-order valence-corrected chi connectivity index (χ2v) is 2.85. The van der Waals surface area contributed by atoms with Crippen LogP contribution in [0.25, 0.3) is 5.82 Å². The van der Waals surface area contributed by atoms with Gasteiger partial charge >= 0.3 is 0 Å². The number of nitrogen functional groups attached to an aromatic ring is 1. The van der Waals surface area contributed by atoms with Crippen molar-refractivity contribution < 1.29 is 0 Å². The van der Waals surface area contributed by atoms with Gasteiger partial charge in [0.1, 0.15) is 0 Å². The summed E-state index contributed by atoms with van der Waals surface area (Å²) in [4.78, 5) is 4.20. The van der Waals surface area contributed by atoms with Gasteiger partial charge in [-0.15, -0.1) is 0 Å². The molecule has 0 aromatic carbocycles. The van der Waals surface area contributed by atoms with Crippen molar-refractivity contribution in [2.75, 3.05) is 5.73 Å². The number of anilines is 1. The molecule has 2 aromatic rings. The minimum Gasteiger partial charge on any atom is -0.398 e. The standard InChI is InChI=1S/C9H10N4/c1-7-6-11-9(5-8(7)10)13-4-2-3-12-13/h2-6H,1H3,(H2,10,11). The predicted molar refractivity (Wildman–Crippen MR) is 50.5 cm³/mol. The van der Waals surface area contributed by atoms with E-state index in [1.165, 1.54) is 0 Å². The number of hydrogen-bond donors (Lipinski definition) is 1. The van der Waals surface area contributed by atoms with Gasteiger partial charge in [0.15, 0.2) is 5.82 Å². The fraction of sp³-hybridized carbons (Fsp3) is 0.111. The molecule has 2 heterocycles. The first-order valence-corrected chi connectivity index (χ1v) is 3.99. The molecule has 0 fully saturated rings. The SMILES string of the molecule is Cc1cnc(-n2cccn2)cc1N. The summed E-state index contributed by atoms with van der Waals surface area (Å²) in [6, 6.07) is 3.65. The average molecular weight is 174 g/mol. The topological polar surface area (TPSA) is 56.7 Å². The number of hydrogen-bond acceptors (Lipinski definition) is 3. The fourth-order valence-electron chi connectivity index (χ4n) is 1.06. The van der Waals surface area contributed by atoms with Crippen LogP contribution in [0.15, 0.2) is 30.7 Å². The van der Waals surface area contributed by atoms with E-state index >= 15 is 0 Å². The first-order valence-electron chi connectivity index (χ1n) is 3.99. The van der Waals surface area contributed by atoms with Crippen LogP contribution >= 0.6 is 0 Å². The van der Waals surface area contributed by atoms with Crippen molar-refractivity contribution in [2.45, 2.75) is 6.92 Å². The maximum Gasteiger partial charge on any atom is 0.155 e. The fourth-order valence-corrected chi connectivity index (χ4v) is 1.06. The lowest BCUT2D eigenvalue weighted by Crippen LogP contribution is -2.00. The van der Waals surface area contributed by atoms with Gasteiger partial charge in [-0.25, -0.2) is 9.67 Å². The van der Waals surface area contributed by atoms with E-state index in [-0.39, 0.29) is 0 Å². The predicted octanol–water partition coefficient (Wildman–Crippen LogP) is 1.16. The van der Waals surface area contributed by atoms with Crippen molar-refractivity contribution in [2.24, 2.45) is 0 Å². The van der Waals surface area contributed by atoms with Gasteiger partial charge in [-0.3, -0.25) is 0 Å². The maximum atomic E-state index is 5.75. The number of rotatable bonds is 1. The van der Waals surface area contributed by atoms with E-state index in [4.69, 9.17) is 5.73 Å². The third-order valence-corrected chi connectivity index (χ3v) is 1.87. The monoisotopic (exact) mass is 174 g/mol. The van der Waals surface area contributed by atoms with E-state index in [9.17, 15) is 0 Å². The van der Waals surface area contributed by atoms with Crippen LogP contribution in [-0.2, 0) is 0 Å². The summed E-state index contributed by atoms with van der Waals surface area (Å²) in [6.07, 6.45) is 5.28. The molecule has 0 bridgehead atoms. The molecule has 4 heteroatoms. The Hall–Kier alpha value is -1.84. The Morgan fingerprint density at radius 2 is 2.31 bits per heavy atom. The summed E-state index contributed by atoms with van der Waals surface area (Å²) in [5.74, 6) is 0.744. The molecule has 13 heavy (non-hydrogen) atoms. The van der Waals surface area contributed by atoms with E-state index in [1.807, 2.05) is 25.3 Å². The van der Waals surface area contributed by atoms with E-state index in [2.05, 4.69) is 10.1 Å². The number of nitrogens with zero attached hydrogens (tertiary/aromatic N) is 3. The van der Waals surface area contributed by atoms with Crippen LogP contribution in [0.4, 0.5) is 5.69 Å². The van der Waals surface area contributed by atoms with E-state index in [0.29, 0.717) is 0 Å². The Morgan fingerprint density at radius 3 is 2.92 bits per heavy atom. The van der Waals surface area contributed by atoms with Crippen molar-refractivity contribution in [3.05, 3.63) is 36.3 Å². The highest BCUT2D eigenvalue weighted by Crippen LogP contribution is 2.12. The quantitative estimate of drug-likeness (QED) is 0.705. The molecule has 0 unspecified atom stereocenters. The molecule has 0 aliphatic rings. The summed E-state index contributed by atoms with van der Waals surface area (Å²) in [7, 11) is 0. The highest BCUT2D eigenvalue weighted by Gasteiger charge is 1.99. The average Bonchev–Trinajstić information content (AvgIpc) is 2.62. The van der Waals surface area contributed by atoms with Gasteiger partial charge in [0, 0.05) is 30.3 Å². The molecular formula is C9H10N4. The van der Waals surface area contributed by atoms with E-state index in [1.54, 1.807) is 17.1 Å². The van der Waals surface area contributed by atoms with Crippen LogP contribution in [0.5, 0.6) is 0 Å². The van der Waals surface area contributed by atoms with Gasteiger partial charge in [0.25, 0.3) is 0 Å². The molecule has 0 atom stereocenters. The van der Waals surface area contributed by atoms with E-state index < -0.39 is 0 Å². The lowest BCUT2D eigenvalue weighted by atomic mass is 10.2. The maximum absolute atomic E-state index is 5.75. The van der Waals surface area contributed by atoms with Crippen LogP contribution in [-0.4, -0.2) is 14.8 Å². The van der Waals surface area contributed by atoms with Crippen molar-refractivity contribution in [1.82, 2.24) is 14.8 Å². The molecule has 0 saturated heterocycles. The summed E-state index contributed by atoms with van der Waals surface area (Å²) in [5.41, 5.74) is 7.46. The second kappa shape index (κ2) is 2.90. The molecule has 0 aliphatic heterocycles. The molecule has 0 spiro atoms. The van der Waals surface area contributed by atoms with E-state index in [0.717, 1.165) is 17.1 Å². The van der Waals surface area contributed by atoms with Crippen molar-refractivity contribution >= 4 is 5.69 Å². The van der Waals surface area contributed by atoms with Crippen molar-refractivity contribution in [3.8, 4) is 5.82 Å². The molecule has 2 aromatic heterocycles. The smallest absolute Gasteiger partial charge is 0.155 e. The van der Waals surface area contributed by atoms with Gasteiger partial charge in [0.2, 0.25) is 0 Å². The van der Waals surface area contributed by atoms with Crippen molar-refractivity contribution in [1.29, 1.82) is 0 Å². The second-order valence-electron chi connectivity index (χ2n) is 2.85. The van der Waals surface area contributed by atoms with Crippen LogP contribution in [0, 0.1) is 6.92 Å². The minimum absolute atomic E-state index is 0.737. The van der Waals surface area contributed by atoms with Gasteiger partial charge in [-0.1, -0.05) is 0 Å². The first kappa shape index (κ1) is 7.79. The van der Waals surface area contributed by atoms with Gasteiger partial charge in [-0.2, -0.15) is 5.10 Å². The Labute approximate surface area is 76.0 Å². The van der Waals surface area contributed by atoms with Crippen LogP contribution in [0.2, 0.25) is 0 Å². The molecule has 66 valence electrons. The zero-order valence-corrected chi connectivity index (χ0v) is 7.31. The van der Waals surface area contributed by atoms with Gasteiger partial charge < -0.3 is 5.73 Å². The van der Waals surface area contributed by atoms with Crippen LogP contribution in [0.1, 0.15) is 5.56 Å². The summed E-state index contributed by atoms with van der Waals surface area (Å²) < 4.78 is 1.68. The van der Waals surface area contributed by atoms with Gasteiger partial charge in [-0.05, 0) is 18.6 Å². The zero-order chi connectivity index (χ0) is 9.26. The van der Waals surface area contributed by atoms with Crippen molar-refractivity contribution in [3.63, 3.8) is 0 Å². The third kappa shape index (κ3) is 1.38. The summed E-state index contributed by atoms with van der Waals surface area (Å²) in [6.45, 7) is 1.93. The largest absolute Gasteiger partial charge is 0.398 e. The Bertz CT molecular complexity index is 406. The Balaban J connectivity index is 2.49. The Kier molecular flexibility index (Phi) is 1.73. The zero-order valence-electron chi connectivity index (χ0n) is 7.31. The number of pyridine rings is 1. The third-order valence-electron chi connectivity index (χ3n) is 1.87. The highest BCUT2D eigenvalue weighted by molar-refractivity contribution is 5.48. The molecule has 2 rings (SSSR count). The van der Waals surface area contributed by atoms with Gasteiger partial charge in [0.05, 0.1) is 0 Å². The molecule has 0 aliphatic carbocycles. The molecular weight excluding hydrogens is 164 g/mol. The lowest BCUT2D eigenvalue weighted by molar-refractivity contribution is 0.846. The Morgan fingerprint density at radius 1 is 1.46 bits per heavy atom. The first-order chi connectivity index (χ1) is 6.27. The molecule has 2 N–H and O–H groups in total. The van der Waals surface area contributed by atoms with Crippen LogP contribution in [0.3, 0.4) is 0 Å². The number of nitrogens with two attached hydrogens (primary N) is 1. The summed E-state index contributed by atoms with van der Waals surface area (Å²) >= 11 is 0.